The lowest BCUT2D eigenvalue weighted by Gasteiger charge is -2.34. The van der Waals surface area contributed by atoms with Gasteiger partial charge in [0.25, 0.3) is 0 Å². The molecule has 3 atom stereocenters. The Labute approximate surface area is 133 Å². The van der Waals surface area contributed by atoms with Gasteiger partial charge < -0.3 is 10.6 Å². The molecule has 1 amide bonds. The van der Waals surface area contributed by atoms with E-state index in [4.69, 9.17) is 5.73 Å². The molecular weight excluding hydrogens is 312 g/mol. The molecule has 2 rings (SSSR count). The summed E-state index contributed by atoms with van der Waals surface area (Å²) >= 11 is 0. The summed E-state index contributed by atoms with van der Waals surface area (Å²) in [5.41, 5.74) is 5.95. The Balaban J connectivity index is 0.00000220. The van der Waals surface area contributed by atoms with E-state index < -0.39 is 9.84 Å². The van der Waals surface area contributed by atoms with Crippen LogP contribution in [0.1, 0.15) is 32.1 Å². The Bertz CT molecular complexity index is 481. The van der Waals surface area contributed by atoms with Crippen molar-refractivity contribution in [3.8, 4) is 0 Å². The van der Waals surface area contributed by atoms with E-state index in [1.807, 2.05) is 0 Å². The van der Waals surface area contributed by atoms with Crippen molar-refractivity contribution in [1.82, 2.24) is 4.90 Å². The van der Waals surface area contributed by atoms with Crippen LogP contribution < -0.4 is 5.73 Å². The second kappa shape index (κ2) is 7.61. The molecular formula is C14H25ClN2O3S. The SMILES string of the molecule is C=CCN(C(=O)C1CCCC(N)C1)C1CCS(=O)(=O)C1.Cl. The van der Waals surface area contributed by atoms with E-state index in [2.05, 4.69) is 6.58 Å². The molecule has 2 N–H and O–H groups in total. The largest absolute Gasteiger partial charge is 0.335 e. The Kier molecular flexibility index (Phi) is 6.69. The Morgan fingerprint density at radius 1 is 1.33 bits per heavy atom. The standard InChI is InChI=1S/C14H24N2O3S.ClH/c1-2-7-16(13-6-8-20(18,19)10-13)14(17)11-4-3-5-12(15)9-11;/h2,11-13H,1,3-10,15H2;1H. The van der Waals surface area contributed by atoms with Gasteiger partial charge in [-0.3, -0.25) is 4.79 Å². The number of rotatable bonds is 4. The van der Waals surface area contributed by atoms with Gasteiger partial charge in [-0.25, -0.2) is 8.42 Å². The summed E-state index contributed by atoms with van der Waals surface area (Å²) < 4.78 is 23.2. The summed E-state index contributed by atoms with van der Waals surface area (Å²) in [6.07, 6.45) is 5.74. The Hall–Kier alpha value is -0.590. The Morgan fingerprint density at radius 3 is 2.57 bits per heavy atom. The van der Waals surface area contributed by atoms with Crippen LogP contribution >= 0.6 is 12.4 Å². The van der Waals surface area contributed by atoms with Gasteiger partial charge in [0.05, 0.1) is 11.5 Å². The molecule has 0 aromatic rings. The first-order valence-corrected chi connectivity index (χ1v) is 9.12. The molecule has 0 radical (unpaired) electrons. The third-order valence-electron chi connectivity index (χ3n) is 4.32. The lowest BCUT2D eigenvalue weighted by Crippen LogP contribution is -2.46. The van der Waals surface area contributed by atoms with E-state index in [-0.39, 0.29) is 47.8 Å². The molecule has 1 saturated carbocycles. The second-order valence-corrected chi connectivity index (χ2v) is 8.19. The van der Waals surface area contributed by atoms with Gasteiger partial charge in [0, 0.05) is 24.5 Å². The molecule has 1 aliphatic heterocycles. The summed E-state index contributed by atoms with van der Waals surface area (Å²) in [7, 11) is -2.99. The van der Waals surface area contributed by atoms with E-state index in [0.29, 0.717) is 19.4 Å². The molecule has 7 heteroatoms. The van der Waals surface area contributed by atoms with E-state index in [1.54, 1.807) is 11.0 Å². The van der Waals surface area contributed by atoms with Crippen LogP contribution in [0.2, 0.25) is 0 Å². The summed E-state index contributed by atoms with van der Waals surface area (Å²) in [6, 6.07) is -0.0979. The van der Waals surface area contributed by atoms with Crippen LogP contribution in [0, 0.1) is 5.92 Å². The monoisotopic (exact) mass is 336 g/mol. The highest BCUT2D eigenvalue weighted by Crippen LogP contribution is 2.27. The van der Waals surface area contributed by atoms with E-state index in [9.17, 15) is 13.2 Å². The predicted octanol–water partition coefficient (Wildman–Crippen LogP) is 1.13. The molecule has 3 unspecified atom stereocenters. The number of amides is 1. The minimum Gasteiger partial charge on any atom is -0.335 e. The fourth-order valence-electron chi connectivity index (χ4n) is 3.27. The number of halogens is 1. The van der Waals surface area contributed by atoms with Crippen molar-refractivity contribution in [2.24, 2.45) is 11.7 Å². The summed E-state index contributed by atoms with van der Waals surface area (Å²) in [5.74, 6) is 0.276. The number of nitrogens with two attached hydrogens (primary N) is 1. The van der Waals surface area contributed by atoms with Crippen LogP contribution in [0.4, 0.5) is 0 Å². The zero-order valence-electron chi connectivity index (χ0n) is 12.2. The lowest BCUT2D eigenvalue weighted by molar-refractivity contribution is -0.138. The molecule has 1 heterocycles. The van der Waals surface area contributed by atoms with E-state index in [1.165, 1.54) is 0 Å². The van der Waals surface area contributed by atoms with Crippen LogP contribution in [0.5, 0.6) is 0 Å². The maximum atomic E-state index is 12.7. The molecule has 0 bridgehead atoms. The first-order chi connectivity index (χ1) is 9.43. The zero-order chi connectivity index (χ0) is 14.8. The third-order valence-corrected chi connectivity index (χ3v) is 6.07. The summed E-state index contributed by atoms with van der Waals surface area (Å²) in [4.78, 5) is 14.4. The number of hydrogen-bond donors (Lipinski definition) is 1. The van der Waals surface area contributed by atoms with Crippen molar-refractivity contribution in [2.75, 3.05) is 18.1 Å². The number of carbonyl (C=O) groups excluding carboxylic acids is 1. The van der Waals surface area contributed by atoms with E-state index in [0.717, 1.165) is 19.3 Å². The van der Waals surface area contributed by atoms with E-state index >= 15 is 0 Å². The zero-order valence-corrected chi connectivity index (χ0v) is 13.9. The highest BCUT2D eigenvalue weighted by Gasteiger charge is 2.37. The number of hydrogen-bond acceptors (Lipinski definition) is 4. The highest BCUT2D eigenvalue weighted by molar-refractivity contribution is 7.91. The van der Waals surface area contributed by atoms with Gasteiger partial charge in [-0.15, -0.1) is 19.0 Å². The molecule has 0 spiro atoms. The van der Waals surface area contributed by atoms with Crippen molar-refractivity contribution < 1.29 is 13.2 Å². The van der Waals surface area contributed by atoms with Gasteiger partial charge in [-0.05, 0) is 25.7 Å². The topological polar surface area (TPSA) is 80.5 Å². The van der Waals surface area contributed by atoms with Gasteiger partial charge in [0.2, 0.25) is 5.91 Å². The minimum atomic E-state index is -2.99. The fourth-order valence-corrected chi connectivity index (χ4v) is 5.00. The molecule has 21 heavy (non-hydrogen) atoms. The normalized spacial score (nSPS) is 31.2. The van der Waals surface area contributed by atoms with Crippen LogP contribution in [-0.4, -0.2) is 49.4 Å². The van der Waals surface area contributed by atoms with Crippen molar-refractivity contribution in [2.45, 2.75) is 44.2 Å². The summed E-state index contributed by atoms with van der Waals surface area (Å²) in [5, 5.41) is 0. The molecule has 0 aromatic heterocycles. The average Bonchev–Trinajstić information content (AvgIpc) is 2.75. The maximum Gasteiger partial charge on any atom is 0.226 e. The minimum absolute atomic E-state index is 0. The van der Waals surface area contributed by atoms with Crippen LogP contribution in [0.15, 0.2) is 12.7 Å². The van der Waals surface area contributed by atoms with Crippen LogP contribution in [-0.2, 0) is 14.6 Å². The van der Waals surface area contributed by atoms with Crippen molar-refractivity contribution in [1.29, 1.82) is 0 Å². The van der Waals surface area contributed by atoms with Crippen molar-refractivity contribution >= 4 is 28.2 Å². The third kappa shape index (κ3) is 4.69. The number of sulfone groups is 1. The highest BCUT2D eigenvalue weighted by atomic mass is 35.5. The van der Waals surface area contributed by atoms with Gasteiger partial charge in [0.15, 0.2) is 9.84 Å². The van der Waals surface area contributed by atoms with Gasteiger partial charge in [-0.2, -0.15) is 0 Å². The number of nitrogens with zero attached hydrogens (tertiary/aromatic N) is 1. The predicted molar refractivity (Wildman–Crippen MR) is 86.2 cm³/mol. The number of carbonyl (C=O) groups is 1. The average molecular weight is 337 g/mol. The Morgan fingerprint density at radius 2 is 2.05 bits per heavy atom. The molecule has 1 aliphatic carbocycles. The summed E-state index contributed by atoms with van der Waals surface area (Å²) in [6.45, 7) is 4.10. The molecule has 0 aromatic carbocycles. The molecule has 2 aliphatic rings. The molecule has 122 valence electrons. The molecule has 1 saturated heterocycles. The van der Waals surface area contributed by atoms with Crippen LogP contribution in [0.3, 0.4) is 0 Å². The van der Waals surface area contributed by atoms with Gasteiger partial charge in [-0.1, -0.05) is 12.5 Å². The lowest BCUT2D eigenvalue weighted by atomic mass is 9.85. The first kappa shape index (κ1) is 18.5. The first-order valence-electron chi connectivity index (χ1n) is 7.30. The quantitative estimate of drug-likeness (QED) is 0.780. The molecule has 5 nitrogen and oxygen atoms in total. The van der Waals surface area contributed by atoms with Gasteiger partial charge >= 0.3 is 0 Å². The van der Waals surface area contributed by atoms with Crippen LogP contribution in [0.25, 0.3) is 0 Å². The maximum absolute atomic E-state index is 12.7. The fraction of sp³-hybridized carbons (Fsp3) is 0.786. The van der Waals surface area contributed by atoms with Crippen molar-refractivity contribution in [3.05, 3.63) is 12.7 Å². The smallest absolute Gasteiger partial charge is 0.226 e. The second-order valence-electron chi connectivity index (χ2n) is 5.96. The van der Waals surface area contributed by atoms with Gasteiger partial charge in [0.1, 0.15) is 0 Å². The van der Waals surface area contributed by atoms with Crippen molar-refractivity contribution in [3.63, 3.8) is 0 Å². The molecule has 2 fully saturated rings.